The van der Waals surface area contributed by atoms with Crippen LogP contribution >= 0.6 is 0 Å². The smallest absolute Gasteiger partial charge is 0.309 e. The third-order valence-corrected chi connectivity index (χ3v) is 5.05. The molecular weight excluding hydrogens is 260 g/mol. The van der Waals surface area contributed by atoms with Gasteiger partial charge in [-0.15, -0.1) is 0 Å². The molecule has 2 saturated heterocycles. The first-order valence-corrected chi connectivity index (χ1v) is 7.50. The summed E-state index contributed by atoms with van der Waals surface area (Å²) < 4.78 is 11.2. The predicted molar refractivity (Wildman–Crippen MR) is 69.7 cm³/mol. The van der Waals surface area contributed by atoms with E-state index in [2.05, 4.69) is 0 Å². The van der Waals surface area contributed by atoms with Crippen LogP contribution in [0.5, 0.6) is 0 Å². The molecule has 5 nitrogen and oxygen atoms in total. The van der Waals surface area contributed by atoms with E-state index < -0.39 is 11.2 Å². The Balaban J connectivity index is 1.86. The Morgan fingerprint density at radius 3 is 2.90 bits per heavy atom. The second kappa shape index (κ2) is 4.45. The Bertz CT molecular complexity index is 448. The first kappa shape index (κ1) is 13.9. The summed E-state index contributed by atoms with van der Waals surface area (Å²) in [6, 6.07) is 0. The molecule has 0 spiro atoms. The van der Waals surface area contributed by atoms with Crippen LogP contribution in [0.2, 0.25) is 0 Å². The lowest BCUT2D eigenvalue weighted by Crippen LogP contribution is -2.56. The number of fused-ring (bicyclic) bond motifs is 1. The number of ether oxygens (including phenoxy) is 2. The van der Waals surface area contributed by atoms with Crippen molar-refractivity contribution < 1.29 is 24.2 Å². The number of rotatable bonds is 3. The minimum Gasteiger partial charge on any atom is -0.462 e. The van der Waals surface area contributed by atoms with E-state index in [9.17, 15) is 14.7 Å². The fourth-order valence-corrected chi connectivity index (χ4v) is 4.06. The maximum atomic E-state index is 12.1. The molecule has 4 fully saturated rings. The van der Waals surface area contributed by atoms with Crippen LogP contribution in [0.4, 0.5) is 0 Å². The Morgan fingerprint density at radius 2 is 2.20 bits per heavy atom. The first-order valence-electron chi connectivity index (χ1n) is 7.50. The van der Waals surface area contributed by atoms with Gasteiger partial charge in [0.2, 0.25) is 0 Å². The van der Waals surface area contributed by atoms with E-state index in [0.29, 0.717) is 32.1 Å². The van der Waals surface area contributed by atoms with Crippen LogP contribution in [0.15, 0.2) is 0 Å². The Morgan fingerprint density at radius 1 is 1.45 bits per heavy atom. The first-order chi connectivity index (χ1) is 9.35. The van der Waals surface area contributed by atoms with Crippen molar-refractivity contribution in [2.75, 3.05) is 0 Å². The maximum absolute atomic E-state index is 12.1. The van der Waals surface area contributed by atoms with E-state index in [1.807, 2.05) is 13.8 Å². The molecule has 4 rings (SSSR count). The molecule has 5 unspecified atom stereocenters. The molecule has 5 heteroatoms. The topological polar surface area (TPSA) is 72.8 Å². The van der Waals surface area contributed by atoms with Crippen LogP contribution in [-0.4, -0.2) is 34.4 Å². The number of carbonyl (C=O) groups excluding carboxylic acids is 2. The summed E-state index contributed by atoms with van der Waals surface area (Å²) in [5, 5.41) is 10.7. The lowest BCUT2D eigenvalue weighted by molar-refractivity contribution is -0.197. The molecule has 0 amide bonds. The van der Waals surface area contributed by atoms with E-state index in [1.54, 1.807) is 0 Å². The lowest BCUT2D eigenvalue weighted by atomic mass is 9.63. The van der Waals surface area contributed by atoms with Crippen molar-refractivity contribution in [3.8, 4) is 0 Å². The van der Waals surface area contributed by atoms with Crippen molar-refractivity contribution in [1.82, 2.24) is 0 Å². The van der Waals surface area contributed by atoms with E-state index in [0.717, 1.165) is 6.42 Å². The summed E-state index contributed by atoms with van der Waals surface area (Å²) >= 11 is 0. The zero-order valence-corrected chi connectivity index (χ0v) is 12.1. The molecule has 2 aliphatic carbocycles. The molecule has 4 bridgehead atoms. The normalized spacial score (nSPS) is 43.9. The molecule has 1 N–H and O–H groups in total. The molecule has 2 aliphatic heterocycles. The van der Waals surface area contributed by atoms with Gasteiger partial charge in [0.1, 0.15) is 11.7 Å². The van der Waals surface area contributed by atoms with E-state index >= 15 is 0 Å². The third-order valence-electron chi connectivity index (χ3n) is 5.05. The highest BCUT2D eigenvalue weighted by molar-refractivity contribution is 5.75. The van der Waals surface area contributed by atoms with Crippen molar-refractivity contribution in [3.63, 3.8) is 0 Å². The molecule has 2 saturated carbocycles. The standard InChI is InChI=1S/C15H22O5/c1-3-9(2)12(16)20-15-5-10-4-14(18,8-15)6-11(7-15)19-13(10)17/h9-11,18H,3-8H2,1-2H3. The highest BCUT2D eigenvalue weighted by atomic mass is 16.6. The summed E-state index contributed by atoms with van der Waals surface area (Å²) in [5.74, 6) is -0.973. The van der Waals surface area contributed by atoms with Gasteiger partial charge >= 0.3 is 11.9 Å². The molecule has 4 aliphatic rings. The maximum Gasteiger partial charge on any atom is 0.309 e. The molecule has 0 aromatic heterocycles. The zero-order chi connectivity index (χ0) is 14.5. The van der Waals surface area contributed by atoms with Gasteiger partial charge in [-0.3, -0.25) is 9.59 Å². The van der Waals surface area contributed by atoms with Crippen LogP contribution in [0.3, 0.4) is 0 Å². The highest BCUT2D eigenvalue weighted by Gasteiger charge is 2.60. The second-order valence-electron chi connectivity index (χ2n) is 6.89. The molecule has 20 heavy (non-hydrogen) atoms. The van der Waals surface area contributed by atoms with Gasteiger partial charge in [0.15, 0.2) is 0 Å². The summed E-state index contributed by atoms with van der Waals surface area (Å²) in [6.45, 7) is 3.78. The number of esters is 2. The molecule has 112 valence electrons. The molecule has 0 aromatic carbocycles. The average Bonchev–Trinajstić information content (AvgIpc) is 2.48. The Hall–Kier alpha value is -1.10. The highest BCUT2D eigenvalue weighted by Crippen LogP contribution is 2.53. The largest absolute Gasteiger partial charge is 0.462 e. The molecular formula is C15H22O5. The molecule has 5 atom stereocenters. The molecule has 0 aromatic rings. The van der Waals surface area contributed by atoms with E-state index in [-0.39, 0.29) is 29.9 Å². The predicted octanol–water partition coefficient (Wildman–Crippen LogP) is 1.56. The van der Waals surface area contributed by atoms with Crippen molar-refractivity contribution in [2.24, 2.45) is 11.8 Å². The fraction of sp³-hybridized carbons (Fsp3) is 0.867. The molecule has 0 radical (unpaired) electrons. The Kier molecular flexibility index (Phi) is 3.08. The van der Waals surface area contributed by atoms with Gasteiger partial charge in [0, 0.05) is 25.7 Å². The summed E-state index contributed by atoms with van der Waals surface area (Å²) in [6.07, 6.45) is 2.77. The number of aliphatic hydroxyl groups is 1. The monoisotopic (exact) mass is 282 g/mol. The summed E-state index contributed by atoms with van der Waals surface area (Å²) in [4.78, 5) is 24.1. The lowest BCUT2D eigenvalue weighted by Gasteiger charge is -2.50. The number of hydrogen-bond acceptors (Lipinski definition) is 5. The van der Waals surface area contributed by atoms with Crippen LogP contribution in [0.25, 0.3) is 0 Å². The second-order valence-corrected chi connectivity index (χ2v) is 6.89. The number of hydrogen-bond donors (Lipinski definition) is 1. The summed E-state index contributed by atoms with van der Waals surface area (Å²) in [7, 11) is 0. The van der Waals surface area contributed by atoms with Gasteiger partial charge in [-0.05, 0) is 12.8 Å². The minimum absolute atomic E-state index is 0.157. The van der Waals surface area contributed by atoms with Crippen molar-refractivity contribution in [2.45, 2.75) is 69.7 Å². The van der Waals surface area contributed by atoms with Crippen molar-refractivity contribution >= 4 is 11.9 Å². The van der Waals surface area contributed by atoms with Gasteiger partial charge in [-0.1, -0.05) is 13.8 Å². The van der Waals surface area contributed by atoms with Gasteiger partial charge in [-0.2, -0.15) is 0 Å². The van der Waals surface area contributed by atoms with Crippen LogP contribution in [-0.2, 0) is 19.1 Å². The average molecular weight is 282 g/mol. The van der Waals surface area contributed by atoms with Crippen molar-refractivity contribution in [1.29, 1.82) is 0 Å². The van der Waals surface area contributed by atoms with Crippen LogP contribution < -0.4 is 0 Å². The Labute approximate surface area is 118 Å². The van der Waals surface area contributed by atoms with Crippen LogP contribution in [0.1, 0.15) is 52.4 Å². The molecule has 2 heterocycles. The van der Waals surface area contributed by atoms with Gasteiger partial charge in [0.05, 0.1) is 17.4 Å². The minimum atomic E-state index is -0.923. The van der Waals surface area contributed by atoms with Crippen molar-refractivity contribution in [3.05, 3.63) is 0 Å². The SMILES string of the molecule is CCC(C)C(=O)OC12CC3CC(O)(CC(C1)C(=O)O3)C2. The number of carbonyl (C=O) groups is 2. The quantitative estimate of drug-likeness (QED) is 0.795. The fourth-order valence-electron chi connectivity index (χ4n) is 4.06. The van der Waals surface area contributed by atoms with E-state index in [1.165, 1.54) is 0 Å². The van der Waals surface area contributed by atoms with Gasteiger partial charge < -0.3 is 14.6 Å². The van der Waals surface area contributed by atoms with Gasteiger partial charge in [0.25, 0.3) is 0 Å². The summed E-state index contributed by atoms with van der Waals surface area (Å²) in [5.41, 5.74) is -1.64. The van der Waals surface area contributed by atoms with Crippen LogP contribution in [0, 0.1) is 11.8 Å². The van der Waals surface area contributed by atoms with E-state index in [4.69, 9.17) is 9.47 Å². The zero-order valence-electron chi connectivity index (χ0n) is 12.1. The third kappa shape index (κ3) is 2.22. The van der Waals surface area contributed by atoms with Gasteiger partial charge in [-0.25, -0.2) is 0 Å².